The minimum atomic E-state index is -1.33. The van der Waals surface area contributed by atoms with E-state index in [0.717, 1.165) is 0 Å². The first-order valence-corrected chi connectivity index (χ1v) is 4.96. The topological polar surface area (TPSA) is 0 Å². The maximum Gasteiger partial charge on any atom is 2.00 e. The Kier molecular flexibility index (Phi) is 28.6. The molecule has 0 aromatic rings. The second kappa shape index (κ2) is 10.8. The first-order valence-electron chi connectivity index (χ1n) is 0.401. The van der Waals surface area contributed by atoms with Crippen LogP contribution >= 0.6 is 30.3 Å². The first kappa shape index (κ1) is 15.9. The smallest absolute Gasteiger partial charge is 1.00 e. The molecule has 0 saturated heterocycles. The summed E-state index contributed by atoms with van der Waals surface area (Å²) >= 11 is -1.33. The third kappa shape index (κ3) is 28.7. The first-order chi connectivity index (χ1) is 1.73. The molecule has 0 aliphatic carbocycles. The standard InChI is InChI=1S/3ClH.Fe.Mg.Ti.2H/h3*1H;;;;;/q;;;+3;+2;;2*-1/p-3. The molecule has 0 nitrogen and oxygen atoms in total. The zero-order valence-electron chi connectivity index (χ0n) is 4.69. The minimum absolute atomic E-state index is 0. The number of hydrogen-bond donors (Lipinski definition) is 0. The van der Waals surface area contributed by atoms with Gasteiger partial charge in [-0.2, -0.15) is 0 Å². The molecule has 0 spiro atoms. The van der Waals surface area contributed by atoms with Crippen molar-refractivity contribution in [3.05, 3.63) is 0 Å². The van der Waals surface area contributed by atoms with Crippen molar-refractivity contribution in [1.82, 2.24) is 0 Å². The Hall–Kier alpha value is 2.87. The van der Waals surface area contributed by atoms with Crippen LogP contribution in [-0.4, -0.2) is 23.1 Å². The van der Waals surface area contributed by atoms with E-state index >= 15 is 0 Å². The predicted molar refractivity (Wildman–Crippen MR) is 25.5 cm³/mol. The monoisotopic (exact) mass is 235 g/mol. The summed E-state index contributed by atoms with van der Waals surface area (Å²) in [6.07, 6.45) is 0. The molecule has 0 aliphatic rings. The van der Waals surface area contributed by atoms with Gasteiger partial charge in [0.1, 0.15) is 0 Å². The Balaban J connectivity index is -0.00000000750. The van der Waals surface area contributed by atoms with E-state index in [9.17, 15) is 0 Å². The van der Waals surface area contributed by atoms with Gasteiger partial charge in [0.25, 0.3) is 0 Å². The fourth-order valence-corrected chi connectivity index (χ4v) is 0. The van der Waals surface area contributed by atoms with E-state index in [4.69, 9.17) is 30.3 Å². The van der Waals surface area contributed by atoms with Crippen LogP contribution in [0.1, 0.15) is 2.85 Å². The molecule has 0 radical (unpaired) electrons. The fourth-order valence-electron chi connectivity index (χ4n) is 0. The molecule has 0 aromatic heterocycles. The summed E-state index contributed by atoms with van der Waals surface area (Å²) in [5, 5.41) is 0. The van der Waals surface area contributed by atoms with Gasteiger partial charge >= 0.3 is 64.5 Å². The molecule has 6 heavy (non-hydrogen) atoms. The SMILES string of the molecule is [Cl][Fe]([Cl])[Cl].[H-].[H-].[Mg+2].[Ti]. The van der Waals surface area contributed by atoms with E-state index in [1.807, 2.05) is 0 Å². The van der Waals surface area contributed by atoms with Crippen LogP contribution in [0, 0.1) is 0 Å². The van der Waals surface area contributed by atoms with Gasteiger partial charge < -0.3 is 2.85 Å². The summed E-state index contributed by atoms with van der Waals surface area (Å²) in [6.45, 7) is 0. The molecule has 0 fully saturated rings. The van der Waals surface area contributed by atoms with Crippen molar-refractivity contribution in [1.29, 1.82) is 0 Å². The Bertz CT molecular complexity index is 22.0. The second-order valence-corrected chi connectivity index (χ2v) is 5.62. The average Bonchev–Trinajstić information content (AvgIpc) is 0.811. The molecule has 0 unspecified atom stereocenters. The third-order valence-corrected chi connectivity index (χ3v) is 0. The van der Waals surface area contributed by atoms with Gasteiger partial charge in [-0.3, -0.25) is 0 Å². The van der Waals surface area contributed by atoms with Gasteiger partial charge in [0.05, 0.1) is 0 Å². The number of halogens is 3. The van der Waals surface area contributed by atoms with Crippen LogP contribution in [0.15, 0.2) is 0 Å². The maximum atomic E-state index is 4.89. The molecule has 0 aromatic carbocycles. The summed E-state index contributed by atoms with van der Waals surface area (Å²) in [5.74, 6) is 0. The summed E-state index contributed by atoms with van der Waals surface area (Å²) in [5.41, 5.74) is 0. The Labute approximate surface area is 87.8 Å². The molecular weight excluding hydrogens is 234 g/mol. The van der Waals surface area contributed by atoms with Gasteiger partial charge in [-0.05, 0) is 0 Å². The Morgan fingerprint density at radius 1 is 1.17 bits per heavy atom. The normalized spacial score (nSPS) is 7.50. The Morgan fingerprint density at radius 3 is 1.17 bits per heavy atom. The van der Waals surface area contributed by atoms with Crippen LogP contribution in [0.4, 0.5) is 0 Å². The molecule has 0 rings (SSSR count). The average molecular weight is 236 g/mol. The summed E-state index contributed by atoms with van der Waals surface area (Å²) in [4.78, 5) is 0. The van der Waals surface area contributed by atoms with E-state index < -0.39 is 11.2 Å². The molecule has 37 valence electrons. The van der Waals surface area contributed by atoms with Crippen LogP contribution in [-0.2, 0) is 32.9 Å². The van der Waals surface area contributed by atoms with E-state index in [1.165, 1.54) is 0 Å². The summed E-state index contributed by atoms with van der Waals surface area (Å²) in [7, 11) is 14.7. The molecule has 0 amide bonds. The van der Waals surface area contributed by atoms with Gasteiger partial charge in [-0.25, -0.2) is 0 Å². The molecule has 0 bridgehead atoms. The summed E-state index contributed by atoms with van der Waals surface area (Å²) in [6, 6.07) is 0. The van der Waals surface area contributed by atoms with E-state index in [-0.39, 0.29) is 47.6 Å². The van der Waals surface area contributed by atoms with Crippen LogP contribution in [0.5, 0.6) is 0 Å². The quantitative estimate of drug-likeness (QED) is 0.564. The van der Waals surface area contributed by atoms with Crippen LogP contribution in [0.3, 0.4) is 0 Å². The zero-order valence-corrected chi connectivity index (χ0v) is 9.04. The molecular formula is H2Cl3FeMgTi. The van der Waals surface area contributed by atoms with Crippen molar-refractivity contribution in [2.75, 3.05) is 0 Å². The third-order valence-electron chi connectivity index (χ3n) is 0. The van der Waals surface area contributed by atoms with E-state index in [0.29, 0.717) is 0 Å². The maximum absolute atomic E-state index is 4.89. The number of rotatable bonds is 0. The van der Waals surface area contributed by atoms with Crippen LogP contribution in [0.2, 0.25) is 0 Å². The van der Waals surface area contributed by atoms with Crippen LogP contribution in [0.25, 0.3) is 0 Å². The second-order valence-electron chi connectivity index (χ2n) is 0.152. The van der Waals surface area contributed by atoms with E-state index in [2.05, 4.69) is 0 Å². The molecule has 6 heteroatoms. The molecule has 0 aliphatic heterocycles. The summed E-state index contributed by atoms with van der Waals surface area (Å²) < 4.78 is 0. The molecule has 0 heterocycles. The van der Waals surface area contributed by atoms with Crippen molar-refractivity contribution in [2.45, 2.75) is 0 Å². The minimum Gasteiger partial charge on any atom is -1.00 e. The van der Waals surface area contributed by atoms with Crippen LogP contribution < -0.4 is 0 Å². The van der Waals surface area contributed by atoms with Gasteiger partial charge in [0.2, 0.25) is 0 Å². The molecule has 0 saturated carbocycles. The number of hydrogen-bond acceptors (Lipinski definition) is 0. The predicted octanol–water partition coefficient (Wildman–Crippen LogP) is 1.91. The van der Waals surface area contributed by atoms with Gasteiger partial charge in [-0.1, -0.05) is 0 Å². The molecule has 0 atom stereocenters. The van der Waals surface area contributed by atoms with Gasteiger partial charge in [-0.15, -0.1) is 0 Å². The Morgan fingerprint density at radius 2 is 1.17 bits per heavy atom. The zero-order chi connectivity index (χ0) is 3.58. The van der Waals surface area contributed by atoms with Gasteiger partial charge in [0.15, 0.2) is 0 Å². The largest absolute Gasteiger partial charge is 2.00 e. The fraction of sp³-hybridized carbons (Fsp3) is 0. The van der Waals surface area contributed by atoms with Crippen molar-refractivity contribution < 1.29 is 35.7 Å². The van der Waals surface area contributed by atoms with Crippen molar-refractivity contribution in [3.8, 4) is 0 Å². The van der Waals surface area contributed by atoms with Crippen molar-refractivity contribution in [3.63, 3.8) is 0 Å². The molecule has 0 N–H and O–H groups in total. The van der Waals surface area contributed by atoms with Gasteiger partial charge in [0, 0.05) is 21.7 Å². The van der Waals surface area contributed by atoms with Crippen molar-refractivity contribution >= 4 is 53.3 Å². The van der Waals surface area contributed by atoms with E-state index in [1.54, 1.807) is 0 Å². The van der Waals surface area contributed by atoms with Crippen molar-refractivity contribution in [2.24, 2.45) is 0 Å².